The van der Waals surface area contributed by atoms with Gasteiger partial charge in [0.1, 0.15) is 57.5 Å². The van der Waals surface area contributed by atoms with Crippen LogP contribution in [0.15, 0.2) is 93.7 Å². The number of carboxylic acids is 1. The summed E-state index contributed by atoms with van der Waals surface area (Å²) >= 11 is 0. The van der Waals surface area contributed by atoms with Crippen LogP contribution in [0.2, 0.25) is 0 Å². The number of rotatable bonds is 9. The van der Waals surface area contributed by atoms with Gasteiger partial charge in [0.25, 0.3) is 0 Å². The molecule has 13 N–H and O–H groups in total. The molecule has 19 nitrogen and oxygen atoms in total. The molecule has 2 aromatic heterocycles. The zero-order chi connectivity index (χ0) is 47.0. The van der Waals surface area contributed by atoms with Crippen LogP contribution in [-0.2, 0) is 15.1 Å². The quantitative estimate of drug-likeness (QED) is 0.0939. The number of aromatic hydroxyl groups is 2. The van der Waals surface area contributed by atoms with E-state index in [2.05, 4.69) is 27.5 Å². The minimum atomic E-state index is -2.72. The molecule has 3 fully saturated rings. The molecule has 67 heavy (non-hydrogen) atoms. The summed E-state index contributed by atoms with van der Waals surface area (Å²) in [6, 6.07) is 17.5. The number of nitrogens with two attached hydrogens (primary N) is 1. The molecule has 11 atom stereocenters. The van der Waals surface area contributed by atoms with E-state index in [9.17, 15) is 50.4 Å². The first kappa shape index (κ1) is 44.2. The van der Waals surface area contributed by atoms with Gasteiger partial charge in [-0.25, -0.2) is 4.79 Å². The van der Waals surface area contributed by atoms with Crippen molar-refractivity contribution < 1.29 is 69.0 Å². The summed E-state index contributed by atoms with van der Waals surface area (Å²) in [7, 11) is 0. The minimum Gasteiger partial charge on any atom is -0.508 e. The number of aromatic amines is 1. The van der Waals surface area contributed by atoms with Crippen molar-refractivity contribution in [2.75, 3.05) is 25.6 Å². The third kappa shape index (κ3) is 7.15. The molecule has 2 aliphatic carbocycles. The second-order valence-electron chi connectivity index (χ2n) is 17.7. The fourth-order valence-corrected chi connectivity index (χ4v) is 10.4. The highest BCUT2D eigenvalue weighted by Gasteiger charge is 2.72. The first-order valence-corrected chi connectivity index (χ1v) is 21.8. The molecule has 5 heterocycles. The monoisotopic (exact) mass is 920 g/mol. The summed E-state index contributed by atoms with van der Waals surface area (Å²) in [5, 5.41) is 97.6. The van der Waals surface area contributed by atoms with Crippen LogP contribution in [0.1, 0.15) is 43.0 Å². The van der Waals surface area contributed by atoms with Gasteiger partial charge in [0.2, 0.25) is 12.0 Å². The van der Waals surface area contributed by atoms with Gasteiger partial charge < -0.3 is 80.3 Å². The lowest BCUT2D eigenvalue weighted by molar-refractivity contribution is -0.344. The molecular formula is C48H48N4O15. The number of ether oxygens (including phenoxy) is 4. The number of hydrogen-bond acceptors (Lipinski definition) is 17. The summed E-state index contributed by atoms with van der Waals surface area (Å²) in [5.74, 6) is 1.86. The number of anilines is 1. The Bertz CT molecular complexity index is 2900. The van der Waals surface area contributed by atoms with Crippen LogP contribution in [0.25, 0.3) is 22.3 Å². The van der Waals surface area contributed by atoms with Crippen LogP contribution in [0, 0.1) is 23.7 Å². The Morgan fingerprint density at radius 2 is 1.87 bits per heavy atom. The van der Waals surface area contributed by atoms with E-state index < -0.39 is 101 Å². The third-order valence-corrected chi connectivity index (χ3v) is 13.8. The molecule has 0 radical (unpaired) electrons. The van der Waals surface area contributed by atoms with Crippen LogP contribution in [0.3, 0.4) is 0 Å². The van der Waals surface area contributed by atoms with Crippen molar-refractivity contribution in [2.24, 2.45) is 11.8 Å². The number of carboxylic acid groups (broad SMARTS) is 1. The number of phenolic OH excluding ortho intramolecular Hbond substituents is 2. The van der Waals surface area contributed by atoms with Crippen LogP contribution < -0.4 is 36.0 Å². The molecule has 2 saturated heterocycles. The molecule has 11 unspecified atom stereocenters. The molecular weight excluding hydrogens is 873 g/mol. The van der Waals surface area contributed by atoms with E-state index in [1.807, 2.05) is 0 Å². The maximum Gasteiger partial charge on any atom is 0.336 e. The van der Waals surface area contributed by atoms with Crippen LogP contribution in [0.4, 0.5) is 5.82 Å². The van der Waals surface area contributed by atoms with Gasteiger partial charge in [-0.2, -0.15) is 0 Å². The fourth-order valence-electron chi connectivity index (χ4n) is 10.4. The summed E-state index contributed by atoms with van der Waals surface area (Å²) in [6.07, 6.45) is -5.83. The Labute approximate surface area is 381 Å². The number of aromatic nitrogens is 1. The zero-order valence-electron chi connectivity index (χ0n) is 35.6. The Morgan fingerprint density at radius 3 is 2.57 bits per heavy atom. The maximum atomic E-state index is 14.2. The summed E-state index contributed by atoms with van der Waals surface area (Å²) in [5.41, 5.74) is -0.746. The predicted octanol–water partition coefficient (Wildman–Crippen LogP) is 1.82. The van der Waals surface area contributed by atoms with Gasteiger partial charge in [-0.15, -0.1) is 0 Å². The van der Waals surface area contributed by atoms with E-state index in [1.54, 1.807) is 36.4 Å². The van der Waals surface area contributed by atoms with Gasteiger partial charge in [0.05, 0.1) is 6.61 Å². The van der Waals surface area contributed by atoms with Crippen LogP contribution >= 0.6 is 0 Å². The molecule has 350 valence electrons. The second-order valence-corrected chi connectivity index (χ2v) is 17.7. The van der Waals surface area contributed by atoms with Gasteiger partial charge in [-0.05, 0) is 73.4 Å². The molecule has 2 bridgehead atoms. The van der Waals surface area contributed by atoms with Gasteiger partial charge in [-0.1, -0.05) is 30.0 Å². The lowest BCUT2D eigenvalue weighted by atomic mass is 9.60. The topological polar surface area (TPSA) is 312 Å². The van der Waals surface area contributed by atoms with Gasteiger partial charge in [0, 0.05) is 66.5 Å². The van der Waals surface area contributed by atoms with Crippen molar-refractivity contribution in [1.29, 1.82) is 0 Å². The third-order valence-electron chi connectivity index (χ3n) is 13.8. The lowest BCUT2D eigenvalue weighted by Gasteiger charge is -2.58. The van der Waals surface area contributed by atoms with Gasteiger partial charge in [0.15, 0.2) is 34.7 Å². The molecule has 3 aromatic carbocycles. The minimum absolute atomic E-state index is 0.0120. The van der Waals surface area contributed by atoms with E-state index in [-0.39, 0.29) is 46.8 Å². The van der Waals surface area contributed by atoms with Crippen LogP contribution in [-0.4, -0.2) is 113 Å². The molecule has 0 spiro atoms. The Morgan fingerprint density at radius 1 is 1.06 bits per heavy atom. The molecule has 5 aliphatic rings. The number of H-pyrrole nitrogens is 1. The molecule has 19 heteroatoms. The zero-order valence-corrected chi connectivity index (χ0v) is 35.6. The number of benzene rings is 3. The highest BCUT2D eigenvalue weighted by atomic mass is 16.7. The van der Waals surface area contributed by atoms with E-state index >= 15 is 0 Å². The van der Waals surface area contributed by atoms with Crippen molar-refractivity contribution in [3.63, 3.8) is 0 Å². The highest BCUT2D eigenvalue weighted by molar-refractivity contribution is 5.90. The SMILES string of the molecule is Nc1ccc(C(O)C(CO)Oc2ccc(-c3cc(=O)c4c(O)c5c(cc4o3)OC3OC(C(=O)O)C4(O)C(C6CNCN6)C=C(C#CCC6CCCC6(c6cccc(O)c6)O5)C3(O)C4O)cc2)[nH]1. The predicted molar refractivity (Wildman–Crippen MR) is 236 cm³/mol. The van der Waals surface area contributed by atoms with E-state index in [0.717, 1.165) is 6.07 Å². The average molecular weight is 921 g/mol. The van der Waals surface area contributed by atoms with Crippen molar-refractivity contribution in [3.05, 3.63) is 106 Å². The van der Waals surface area contributed by atoms with E-state index in [1.165, 1.54) is 36.4 Å². The molecule has 1 saturated carbocycles. The van der Waals surface area contributed by atoms with E-state index in [0.29, 0.717) is 48.6 Å². The standard InChI is InChI=1S/C48H48N4O15/c49-37-14-13-30(52-37)39(56)36(21-53)63-28-11-9-23(10-12-28)33-18-32(55)38-34(64-33)19-35-41(40(38)57)67-46(25-5-2-8-27(54)16-25)15-3-7-24(46)4-1-6-26-17-29(31-20-50-22-51-31)48(62)42(43(58)59)66-45(65-35)47(26,61)44(48)60/h2,5,8-14,16-19,24,29,31,36,39,42,44-45,50-54,56-57,60-62H,3-4,7,15,20-22,49H2,(H,58,59). The fraction of sp³-hybridized carbons (Fsp3) is 0.375. The maximum absolute atomic E-state index is 14.2. The number of aliphatic carboxylic acids is 1. The van der Waals surface area contributed by atoms with Crippen molar-refractivity contribution in [3.8, 4) is 51.9 Å². The number of nitrogens with one attached hydrogen (secondary N) is 3. The Hall–Kier alpha value is -6.60. The largest absolute Gasteiger partial charge is 0.508 e. The number of carbonyl (C=O) groups is 1. The van der Waals surface area contributed by atoms with Crippen molar-refractivity contribution in [2.45, 2.75) is 79.2 Å². The molecule has 3 aliphatic heterocycles. The summed E-state index contributed by atoms with van der Waals surface area (Å²) in [4.78, 5) is 30.0. The number of hydrogen-bond donors (Lipinski definition) is 12. The summed E-state index contributed by atoms with van der Waals surface area (Å²) < 4.78 is 31.5. The first-order chi connectivity index (χ1) is 32.1. The number of aliphatic hydroxyl groups is 5. The summed E-state index contributed by atoms with van der Waals surface area (Å²) in [6.45, 7) is 0.0539. The lowest BCUT2D eigenvalue weighted by Crippen LogP contribution is -2.80. The van der Waals surface area contributed by atoms with Gasteiger partial charge >= 0.3 is 5.97 Å². The number of phenols is 2. The van der Waals surface area contributed by atoms with Crippen molar-refractivity contribution in [1.82, 2.24) is 15.6 Å². The first-order valence-electron chi connectivity index (χ1n) is 21.8. The number of aliphatic hydroxyl groups excluding tert-OH is 3. The number of fused-ring (bicyclic) bond motifs is 4. The van der Waals surface area contributed by atoms with E-state index in [4.69, 9.17) is 29.1 Å². The Balaban J connectivity index is 1.11. The average Bonchev–Trinajstić information content (AvgIpc) is 4.09. The molecule has 5 aromatic rings. The second kappa shape index (κ2) is 16.6. The number of nitrogen functional groups attached to an aromatic ring is 1. The van der Waals surface area contributed by atoms with Gasteiger partial charge in [-0.3, -0.25) is 10.1 Å². The Kier molecular flexibility index (Phi) is 11.0. The highest BCUT2D eigenvalue weighted by Crippen LogP contribution is 2.56. The smallest absolute Gasteiger partial charge is 0.336 e. The molecule has 0 amide bonds. The van der Waals surface area contributed by atoms with Crippen molar-refractivity contribution >= 4 is 22.8 Å². The van der Waals surface area contributed by atoms with Crippen LogP contribution in [0.5, 0.6) is 28.7 Å². The molecule has 10 rings (SSSR count). The normalized spacial score (nSPS) is 30.7.